The van der Waals surface area contributed by atoms with Crippen molar-refractivity contribution >= 4 is 42.5 Å². The van der Waals surface area contributed by atoms with Crippen LogP contribution in [0.4, 0.5) is 0 Å². The van der Waals surface area contributed by atoms with Gasteiger partial charge < -0.3 is 0 Å². The van der Waals surface area contributed by atoms with Crippen LogP contribution in [0.25, 0.3) is 32.4 Å². The van der Waals surface area contributed by atoms with Crippen molar-refractivity contribution in [2.75, 3.05) is 0 Å². The number of fused-ring (bicyclic) bond motifs is 4. The Labute approximate surface area is 174 Å². The number of hydrogen-bond donors (Lipinski definition) is 0. The molecule has 0 saturated heterocycles. The molecule has 1 aromatic heterocycles. The van der Waals surface area contributed by atoms with E-state index in [1.165, 1.54) is 0 Å². The zero-order chi connectivity index (χ0) is 21.0. The van der Waals surface area contributed by atoms with E-state index in [9.17, 15) is 13.2 Å². The SMILES string of the molecule is Cc1ccc(S(=O)(=O)n2c(=O)c3cc4ccccc4cc3c3cc(C)ccc32)cc1. The maximum absolute atomic E-state index is 13.5. The van der Waals surface area contributed by atoms with E-state index in [1.54, 1.807) is 36.4 Å². The molecule has 0 unspecified atom stereocenters. The summed E-state index contributed by atoms with van der Waals surface area (Å²) in [6.07, 6.45) is 0. The van der Waals surface area contributed by atoms with Gasteiger partial charge >= 0.3 is 0 Å². The molecule has 0 spiro atoms. The second-order valence-corrected chi connectivity index (χ2v) is 9.44. The van der Waals surface area contributed by atoms with Crippen LogP contribution in [0, 0.1) is 13.8 Å². The summed E-state index contributed by atoms with van der Waals surface area (Å²) in [5, 5.41) is 3.79. The van der Waals surface area contributed by atoms with E-state index in [4.69, 9.17) is 0 Å². The predicted octanol–water partition coefficient (Wildman–Crippen LogP) is 5.16. The summed E-state index contributed by atoms with van der Waals surface area (Å²) in [6, 6.07) is 23.6. The van der Waals surface area contributed by atoms with E-state index in [2.05, 4.69) is 0 Å². The fourth-order valence-electron chi connectivity index (χ4n) is 3.96. The highest BCUT2D eigenvalue weighted by molar-refractivity contribution is 7.90. The average molecular weight is 413 g/mol. The van der Waals surface area contributed by atoms with E-state index in [0.29, 0.717) is 10.9 Å². The van der Waals surface area contributed by atoms with Crippen LogP contribution in [0.1, 0.15) is 11.1 Å². The number of aryl methyl sites for hydroxylation is 2. The lowest BCUT2D eigenvalue weighted by Gasteiger charge is -2.15. The molecular formula is C25H19NO3S. The van der Waals surface area contributed by atoms with Crippen LogP contribution in [0.15, 0.2) is 88.6 Å². The summed E-state index contributed by atoms with van der Waals surface area (Å²) in [5.41, 5.74) is 1.79. The summed E-state index contributed by atoms with van der Waals surface area (Å²) in [7, 11) is -4.07. The second kappa shape index (κ2) is 6.54. The molecule has 0 aliphatic heterocycles. The summed E-state index contributed by atoms with van der Waals surface area (Å²) in [5.74, 6) is 0. The molecule has 0 radical (unpaired) electrons. The van der Waals surface area contributed by atoms with E-state index >= 15 is 0 Å². The van der Waals surface area contributed by atoms with Gasteiger partial charge in [0.05, 0.1) is 10.4 Å². The van der Waals surface area contributed by atoms with Crippen molar-refractivity contribution in [1.82, 2.24) is 3.97 Å². The first-order valence-corrected chi connectivity index (χ1v) is 11.1. The maximum atomic E-state index is 13.5. The fourth-order valence-corrected chi connectivity index (χ4v) is 5.38. The molecule has 148 valence electrons. The van der Waals surface area contributed by atoms with Gasteiger partial charge in [-0.05, 0) is 66.4 Å². The van der Waals surface area contributed by atoms with Gasteiger partial charge in [0.25, 0.3) is 15.6 Å². The van der Waals surface area contributed by atoms with Gasteiger partial charge in [-0.3, -0.25) is 4.79 Å². The Hall–Kier alpha value is -3.44. The van der Waals surface area contributed by atoms with E-state index < -0.39 is 15.6 Å². The number of hydrogen-bond acceptors (Lipinski definition) is 3. The van der Waals surface area contributed by atoms with Gasteiger partial charge in [-0.15, -0.1) is 0 Å². The Balaban J connectivity index is 1.99. The molecule has 0 N–H and O–H groups in total. The minimum absolute atomic E-state index is 0.0946. The van der Waals surface area contributed by atoms with Crippen LogP contribution in [0.3, 0.4) is 0 Å². The van der Waals surface area contributed by atoms with Gasteiger partial charge in [-0.1, -0.05) is 53.6 Å². The van der Waals surface area contributed by atoms with Crippen molar-refractivity contribution in [3.05, 3.63) is 100 Å². The lowest BCUT2D eigenvalue weighted by Crippen LogP contribution is -2.28. The monoisotopic (exact) mass is 413 g/mol. The number of benzene rings is 4. The lowest BCUT2D eigenvalue weighted by atomic mass is 10.0. The van der Waals surface area contributed by atoms with Crippen molar-refractivity contribution in [2.45, 2.75) is 18.7 Å². The summed E-state index contributed by atoms with van der Waals surface area (Å²) >= 11 is 0. The van der Waals surface area contributed by atoms with E-state index in [1.807, 2.05) is 56.3 Å². The number of nitrogens with zero attached hydrogens (tertiary/aromatic N) is 1. The Kier molecular flexibility index (Phi) is 4.05. The fraction of sp³-hybridized carbons (Fsp3) is 0.0800. The molecule has 5 rings (SSSR count). The molecule has 1 heterocycles. The minimum atomic E-state index is -4.07. The first-order valence-electron chi connectivity index (χ1n) is 9.66. The van der Waals surface area contributed by atoms with E-state index in [-0.39, 0.29) is 4.90 Å². The zero-order valence-electron chi connectivity index (χ0n) is 16.6. The average Bonchev–Trinajstić information content (AvgIpc) is 2.73. The van der Waals surface area contributed by atoms with Gasteiger partial charge in [0, 0.05) is 10.8 Å². The number of aromatic nitrogens is 1. The minimum Gasteiger partial charge on any atom is -0.268 e. The molecule has 30 heavy (non-hydrogen) atoms. The van der Waals surface area contributed by atoms with Crippen molar-refractivity contribution in [3.63, 3.8) is 0 Å². The van der Waals surface area contributed by atoms with Gasteiger partial charge in [0.15, 0.2) is 0 Å². The number of rotatable bonds is 2. The molecule has 0 aliphatic carbocycles. The third-order valence-corrected chi connectivity index (χ3v) is 7.23. The van der Waals surface area contributed by atoms with Crippen molar-refractivity contribution < 1.29 is 8.42 Å². The highest BCUT2D eigenvalue weighted by Crippen LogP contribution is 2.30. The van der Waals surface area contributed by atoms with Crippen molar-refractivity contribution in [3.8, 4) is 0 Å². The van der Waals surface area contributed by atoms with Crippen molar-refractivity contribution in [1.29, 1.82) is 0 Å². The molecule has 5 heteroatoms. The summed E-state index contributed by atoms with van der Waals surface area (Å²) in [4.78, 5) is 13.6. The smallest absolute Gasteiger partial charge is 0.268 e. The quantitative estimate of drug-likeness (QED) is 0.297. The highest BCUT2D eigenvalue weighted by atomic mass is 32.2. The second-order valence-electron chi connectivity index (χ2n) is 7.65. The van der Waals surface area contributed by atoms with E-state index in [0.717, 1.165) is 36.6 Å². The maximum Gasteiger partial charge on any atom is 0.272 e. The van der Waals surface area contributed by atoms with Gasteiger partial charge in [-0.2, -0.15) is 3.97 Å². The van der Waals surface area contributed by atoms with Gasteiger partial charge in [0.1, 0.15) is 0 Å². The Bertz CT molecular complexity index is 1630. The van der Waals surface area contributed by atoms with Crippen LogP contribution in [0.5, 0.6) is 0 Å². The van der Waals surface area contributed by atoms with Gasteiger partial charge in [0.2, 0.25) is 0 Å². The number of pyridine rings is 1. The molecule has 4 aromatic carbocycles. The van der Waals surface area contributed by atoms with Crippen LogP contribution in [-0.4, -0.2) is 12.4 Å². The molecular weight excluding hydrogens is 394 g/mol. The molecule has 0 aliphatic rings. The Morgan fingerprint density at radius 2 is 1.27 bits per heavy atom. The zero-order valence-corrected chi connectivity index (χ0v) is 17.4. The first-order chi connectivity index (χ1) is 14.4. The molecule has 0 bridgehead atoms. The van der Waals surface area contributed by atoms with Gasteiger partial charge in [-0.25, -0.2) is 8.42 Å². The van der Waals surface area contributed by atoms with Crippen LogP contribution >= 0.6 is 0 Å². The summed E-state index contributed by atoms with van der Waals surface area (Å²) in [6.45, 7) is 3.85. The van der Waals surface area contributed by atoms with Crippen LogP contribution < -0.4 is 5.56 Å². The molecule has 0 fully saturated rings. The molecule has 5 aromatic rings. The molecule has 0 atom stereocenters. The van der Waals surface area contributed by atoms with Crippen LogP contribution in [0.2, 0.25) is 0 Å². The first kappa shape index (κ1) is 18.6. The third-order valence-electron chi connectivity index (χ3n) is 5.52. The molecule has 0 saturated carbocycles. The van der Waals surface area contributed by atoms with Crippen LogP contribution in [-0.2, 0) is 10.0 Å². The standard InChI is InChI=1S/C25H19NO3S/c1-16-7-10-20(11-8-16)30(28,29)26-24-12-9-17(2)13-22(24)21-14-18-5-3-4-6-19(18)15-23(21)25(26)27/h3-15H,1-2H3. The van der Waals surface area contributed by atoms with Crippen molar-refractivity contribution in [2.24, 2.45) is 0 Å². The lowest BCUT2D eigenvalue weighted by molar-refractivity contribution is 0.587. The normalized spacial score (nSPS) is 12.1. The third kappa shape index (κ3) is 2.74. The molecule has 4 nitrogen and oxygen atoms in total. The Morgan fingerprint density at radius 3 is 1.93 bits per heavy atom. The topological polar surface area (TPSA) is 56.1 Å². The highest BCUT2D eigenvalue weighted by Gasteiger charge is 2.23. The summed E-state index contributed by atoms with van der Waals surface area (Å²) < 4.78 is 28.0. The molecule has 0 amide bonds. The largest absolute Gasteiger partial charge is 0.272 e. The Morgan fingerprint density at radius 1 is 0.667 bits per heavy atom. The predicted molar refractivity (Wildman–Crippen MR) is 122 cm³/mol.